The predicted octanol–water partition coefficient (Wildman–Crippen LogP) is 3.65. The molecule has 0 spiro atoms. The summed E-state index contributed by atoms with van der Waals surface area (Å²) >= 11 is 0. The van der Waals surface area contributed by atoms with Gasteiger partial charge >= 0.3 is 0 Å². The van der Waals surface area contributed by atoms with Gasteiger partial charge in [-0.15, -0.1) is 0 Å². The molecule has 0 bridgehead atoms. The standard InChI is InChI=1S/C16H31N3/c1-6-10-12(5)19-16(9-4)14(11-13(17)7-2)15(8-3)18-19/h12-13H,6-11,17H2,1-5H3. The number of nitrogens with two attached hydrogens (primary N) is 1. The lowest BCUT2D eigenvalue weighted by atomic mass is 10.00. The number of aryl methyl sites for hydroxylation is 1. The number of nitrogens with zero attached hydrogens (tertiary/aromatic N) is 2. The van der Waals surface area contributed by atoms with Crippen molar-refractivity contribution in [1.82, 2.24) is 9.78 Å². The van der Waals surface area contributed by atoms with Crippen LogP contribution in [0.4, 0.5) is 0 Å². The predicted molar refractivity (Wildman–Crippen MR) is 82.6 cm³/mol. The third-order valence-corrected chi connectivity index (χ3v) is 3.99. The first-order valence-corrected chi connectivity index (χ1v) is 7.93. The zero-order valence-corrected chi connectivity index (χ0v) is 13.4. The van der Waals surface area contributed by atoms with Gasteiger partial charge in [-0.1, -0.05) is 34.1 Å². The second kappa shape index (κ2) is 7.68. The number of hydrogen-bond donors (Lipinski definition) is 1. The molecular weight excluding hydrogens is 234 g/mol. The Balaban J connectivity index is 3.12. The van der Waals surface area contributed by atoms with Crippen LogP contribution in [0.2, 0.25) is 0 Å². The van der Waals surface area contributed by atoms with Gasteiger partial charge in [0.05, 0.1) is 5.69 Å². The third-order valence-electron chi connectivity index (χ3n) is 3.99. The highest BCUT2D eigenvalue weighted by Crippen LogP contribution is 2.23. The fourth-order valence-corrected chi connectivity index (χ4v) is 2.76. The average molecular weight is 265 g/mol. The van der Waals surface area contributed by atoms with E-state index < -0.39 is 0 Å². The molecule has 19 heavy (non-hydrogen) atoms. The van der Waals surface area contributed by atoms with Crippen molar-refractivity contribution in [3.05, 3.63) is 17.0 Å². The summed E-state index contributed by atoms with van der Waals surface area (Å²) < 4.78 is 2.26. The van der Waals surface area contributed by atoms with Crippen LogP contribution in [0, 0.1) is 0 Å². The summed E-state index contributed by atoms with van der Waals surface area (Å²) in [7, 11) is 0. The highest BCUT2D eigenvalue weighted by atomic mass is 15.3. The van der Waals surface area contributed by atoms with Gasteiger partial charge in [0, 0.05) is 17.8 Å². The molecule has 0 saturated carbocycles. The molecule has 0 aliphatic rings. The van der Waals surface area contributed by atoms with Crippen LogP contribution in [0.5, 0.6) is 0 Å². The molecule has 0 fully saturated rings. The summed E-state index contributed by atoms with van der Waals surface area (Å²) in [6.45, 7) is 11.1. The van der Waals surface area contributed by atoms with Crippen molar-refractivity contribution >= 4 is 0 Å². The molecule has 3 nitrogen and oxygen atoms in total. The molecule has 3 heteroatoms. The molecule has 0 aromatic carbocycles. The lowest BCUT2D eigenvalue weighted by molar-refractivity contribution is 0.437. The molecule has 0 aliphatic carbocycles. The van der Waals surface area contributed by atoms with Crippen molar-refractivity contribution in [2.24, 2.45) is 5.73 Å². The van der Waals surface area contributed by atoms with Crippen LogP contribution in [-0.2, 0) is 19.3 Å². The van der Waals surface area contributed by atoms with E-state index in [-0.39, 0.29) is 6.04 Å². The van der Waals surface area contributed by atoms with Gasteiger partial charge in [-0.05, 0) is 44.6 Å². The van der Waals surface area contributed by atoms with Gasteiger partial charge in [0.15, 0.2) is 0 Å². The van der Waals surface area contributed by atoms with Gasteiger partial charge in [-0.25, -0.2) is 0 Å². The van der Waals surface area contributed by atoms with Gasteiger partial charge in [0.2, 0.25) is 0 Å². The summed E-state index contributed by atoms with van der Waals surface area (Å²) in [4.78, 5) is 0. The summed E-state index contributed by atoms with van der Waals surface area (Å²) in [5, 5.41) is 4.87. The van der Waals surface area contributed by atoms with E-state index >= 15 is 0 Å². The molecule has 1 heterocycles. The van der Waals surface area contributed by atoms with Crippen LogP contribution >= 0.6 is 0 Å². The molecule has 0 aliphatic heterocycles. The number of hydrogen-bond acceptors (Lipinski definition) is 2. The van der Waals surface area contributed by atoms with Crippen molar-refractivity contribution in [1.29, 1.82) is 0 Å². The van der Waals surface area contributed by atoms with Gasteiger partial charge in [0.1, 0.15) is 0 Å². The summed E-state index contributed by atoms with van der Waals surface area (Å²) in [6.07, 6.45) is 6.45. The Morgan fingerprint density at radius 1 is 1.16 bits per heavy atom. The minimum absolute atomic E-state index is 0.259. The Labute approximate surface area is 118 Å². The quantitative estimate of drug-likeness (QED) is 0.779. The van der Waals surface area contributed by atoms with E-state index in [0.717, 1.165) is 25.7 Å². The maximum absolute atomic E-state index is 6.16. The summed E-state index contributed by atoms with van der Waals surface area (Å²) in [5.74, 6) is 0. The molecule has 0 radical (unpaired) electrons. The van der Waals surface area contributed by atoms with E-state index in [1.807, 2.05) is 0 Å². The van der Waals surface area contributed by atoms with Crippen molar-refractivity contribution in [2.75, 3.05) is 0 Å². The Morgan fingerprint density at radius 2 is 1.84 bits per heavy atom. The topological polar surface area (TPSA) is 43.8 Å². The second-order valence-corrected chi connectivity index (χ2v) is 5.53. The van der Waals surface area contributed by atoms with Gasteiger partial charge < -0.3 is 5.73 Å². The third kappa shape index (κ3) is 3.82. The average Bonchev–Trinajstić information content (AvgIpc) is 2.76. The highest BCUT2D eigenvalue weighted by Gasteiger charge is 2.19. The molecule has 1 aromatic heterocycles. The Bertz CT molecular complexity index is 382. The minimum atomic E-state index is 0.259. The first-order valence-electron chi connectivity index (χ1n) is 7.93. The van der Waals surface area contributed by atoms with Crippen LogP contribution < -0.4 is 5.73 Å². The largest absolute Gasteiger partial charge is 0.327 e. The van der Waals surface area contributed by atoms with Crippen LogP contribution in [0.3, 0.4) is 0 Å². The molecule has 110 valence electrons. The Hall–Kier alpha value is -0.830. The zero-order chi connectivity index (χ0) is 14.4. The van der Waals surface area contributed by atoms with Crippen molar-refractivity contribution in [3.8, 4) is 0 Å². The smallest absolute Gasteiger partial charge is 0.0657 e. The van der Waals surface area contributed by atoms with Gasteiger partial charge in [0.25, 0.3) is 0 Å². The molecular formula is C16H31N3. The Kier molecular flexibility index (Phi) is 6.56. The van der Waals surface area contributed by atoms with E-state index in [9.17, 15) is 0 Å². The lowest BCUT2D eigenvalue weighted by Crippen LogP contribution is -2.22. The molecule has 1 aromatic rings. The highest BCUT2D eigenvalue weighted by molar-refractivity contribution is 5.28. The normalized spacial score (nSPS) is 14.6. The van der Waals surface area contributed by atoms with Crippen LogP contribution in [0.15, 0.2) is 0 Å². The molecule has 1 rings (SSSR count). The van der Waals surface area contributed by atoms with E-state index in [1.165, 1.54) is 29.8 Å². The van der Waals surface area contributed by atoms with E-state index in [4.69, 9.17) is 10.8 Å². The number of aromatic nitrogens is 2. The van der Waals surface area contributed by atoms with Crippen molar-refractivity contribution < 1.29 is 0 Å². The fraction of sp³-hybridized carbons (Fsp3) is 0.812. The minimum Gasteiger partial charge on any atom is -0.327 e. The van der Waals surface area contributed by atoms with Crippen LogP contribution in [0.25, 0.3) is 0 Å². The monoisotopic (exact) mass is 265 g/mol. The van der Waals surface area contributed by atoms with Crippen molar-refractivity contribution in [3.63, 3.8) is 0 Å². The molecule has 2 atom stereocenters. The molecule has 2 unspecified atom stereocenters. The number of rotatable bonds is 8. The first kappa shape index (κ1) is 16.2. The molecule has 0 amide bonds. The van der Waals surface area contributed by atoms with Crippen molar-refractivity contribution in [2.45, 2.75) is 85.2 Å². The van der Waals surface area contributed by atoms with E-state index in [1.54, 1.807) is 0 Å². The molecule has 0 saturated heterocycles. The van der Waals surface area contributed by atoms with Gasteiger partial charge in [-0.2, -0.15) is 5.10 Å². The fourth-order valence-electron chi connectivity index (χ4n) is 2.76. The maximum atomic E-state index is 6.16. The first-order chi connectivity index (χ1) is 9.08. The second-order valence-electron chi connectivity index (χ2n) is 5.53. The zero-order valence-electron chi connectivity index (χ0n) is 13.4. The molecule has 2 N–H and O–H groups in total. The summed E-state index contributed by atoms with van der Waals surface area (Å²) in [6, 6.07) is 0.756. The van der Waals surface area contributed by atoms with Gasteiger partial charge in [-0.3, -0.25) is 4.68 Å². The Morgan fingerprint density at radius 3 is 2.32 bits per heavy atom. The van der Waals surface area contributed by atoms with Crippen LogP contribution in [-0.4, -0.2) is 15.8 Å². The van der Waals surface area contributed by atoms with Crippen LogP contribution in [0.1, 0.15) is 76.9 Å². The SMILES string of the molecule is CCCC(C)n1nc(CC)c(CC(N)CC)c1CC. The summed E-state index contributed by atoms with van der Waals surface area (Å²) in [5.41, 5.74) is 10.2. The van der Waals surface area contributed by atoms with E-state index in [0.29, 0.717) is 6.04 Å². The lowest BCUT2D eigenvalue weighted by Gasteiger charge is -2.16. The van der Waals surface area contributed by atoms with E-state index in [2.05, 4.69) is 39.3 Å². The maximum Gasteiger partial charge on any atom is 0.0657 e.